The Labute approximate surface area is 156 Å². The van der Waals surface area contributed by atoms with Gasteiger partial charge in [-0.15, -0.1) is 0 Å². The summed E-state index contributed by atoms with van der Waals surface area (Å²) in [6.07, 6.45) is 5.31. The first-order valence-corrected chi connectivity index (χ1v) is 9.16. The second-order valence-corrected chi connectivity index (χ2v) is 7.58. The van der Waals surface area contributed by atoms with E-state index in [1.807, 2.05) is 34.0 Å². The van der Waals surface area contributed by atoms with Gasteiger partial charge in [-0.1, -0.05) is 29.3 Å². The second kappa shape index (κ2) is 6.63. The van der Waals surface area contributed by atoms with Crippen LogP contribution in [-0.4, -0.2) is 40.3 Å². The first kappa shape index (κ1) is 16.9. The molecule has 1 unspecified atom stereocenters. The van der Waals surface area contributed by atoms with Gasteiger partial charge in [0.05, 0.1) is 35.2 Å². The van der Waals surface area contributed by atoms with Crippen molar-refractivity contribution in [2.75, 3.05) is 19.7 Å². The van der Waals surface area contributed by atoms with Crippen LogP contribution in [0.1, 0.15) is 24.5 Å². The van der Waals surface area contributed by atoms with E-state index >= 15 is 0 Å². The normalized spacial score (nSPS) is 22.0. The van der Waals surface area contributed by atoms with Crippen LogP contribution in [0, 0.1) is 5.41 Å². The van der Waals surface area contributed by atoms with Crippen molar-refractivity contribution < 1.29 is 9.53 Å². The highest BCUT2D eigenvalue weighted by Crippen LogP contribution is 2.49. The van der Waals surface area contributed by atoms with Crippen LogP contribution < -0.4 is 0 Å². The Morgan fingerprint density at radius 1 is 1.32 bits per heavy atom. The van der Waals surface area contributed by atoms with Crippen molar-refractivity contribution in [2.45, 2.75) is 25.5 Å². The summed E-state index contributed by atoms with van der Waals surface area (Å²) in [7, 11) is 0. The Bertz CT molecular complexity index is 775. The number of carbonyl (C=O) groups excluding carboxylic acids is 1. The Morgan fingerprint density at radius 2 is 2.16 bits per heavy atom. The number of hydrogen-bond acceptors (Lipinski definition) is 3. The molecule has 132 valence electrons. The van der Waals surface area contributed by atoms with Crippen LogP contribution >= 0.6 is 23.2 Å². The number of ether oxygens (including phenoxy) is 1. The number of carbonyl (C=O) groups is 1. The highest BCUT2D eigenvalue weighted by molar-refractivity contribution is 6.42. The molecule has 2 heterocycles. The van der Waals surface area contributed by atoms with Crippen molar-refractivity contribution in [3.63, 3.8) is 0 Å². The number of hydrogen-bond donors (Lipinski definition) is 0. The summed E-state index contributed by atoms with van der Waals surface area (Å²) in [5, 5.41) is 5.27. The van der Waals surface area contributed by atoms with Crippen molar-refractivity contribution in [2.24, 2.45) is 5.41 Å². The number of benzene rings is 1. The molecule has 1 saturated carbocycles. The molecule has 4 rings (SSSR count). The molecule has 7 heteroatoms. The molecule has 1 aliphatic carbocycles. The third-order valence-corrected chi connectivity index (χ3v) is 5.74. The number of rotatable bonds is 4. The Kier molecular flexibility index (Phi) is 4.48. The SMILES string of the molecule is O=C(N1CCOC(c2ccc(Cl)c(Cl)c2)C1)C1(Cn2cccn2)CC1. The van der Waals surface area contributed by atoms with Crippen molar-refractivity contribution in [3.8, 4) is 0 Å². The maximum atomic E-state index is 13.1. The van der Waals surface area contributed by atoms with Crippen LogP contribution in [0.4, 0.5) is 0 Å². The van der Waals surface area contributed by atoms with E-state index in [0.717, 1.165) is 18.4 Å². The molecule has 2 aliphatic rings. The van der Waals surface area contributed by atoms with Gasteiger partial charge in [0.15, 0.2) is 0 Å². The van der Waals surface area contributed by atoms with E-state index in [0.29, 0.717) is 36.3 Å². The molecule has 0 spiro atoms. The summed E-state index contributed by atoms with van der Waals surface area (Å²) >= 11 is 12.1. The van der Waals surface area contributed by atoms with E-state index < -0.39 is 0 Å². The zero-order valence-corrected chi connectivity index (χ0v) is 15.2. The van der Waals surface area contributed by atoms with Gasteiger partial charge in [-0.25, -0.2) is 0 Å². The van der Waals surface area contributed by atoms with Crippen molar-refractivity contribution in [1.82, 2.24) is 14.7 Å². The predicted octanol–water partition coefficient (Wildman–Crippen LogP) is 3.57. The van der Waals surface area contributed by atoms with Gasteiger partial charge < -0.3 is 9.64 Å². The van der Waals surface area contributed by atoms with Gasteiger partial charge in [-0.05, 0) is 36.6 Å². The molecule has 1 aromatic heterocycles. The van der Waals surface area contributed by atoms with Crippen molar-refractivity contribution in [3.05, 3.63) is 52.3 Å². The first-order valence-electron chi connectivity index (χ1n) is 8.41. The molecule has 1 amide bonds. The van der Waals surface area contributed by atoms with Gasteiger partial charge in [0.2, 0.25) is 5.91 Å². The standard InChI is InChI=1S/C18H19Cl2N3O2/c19-14-3-2-13(10-15(14)20)16-11-22(8-9-25-16)17(24)18(4-5-18)12-23-7-1-6-21-23/h1-3,6-7,10,16H,4-5,8-9,11-12H2. The van der Waals surface area contributed by atoms with Crippen LogP contribution in [0.25, 0.3) is 0 Å². The summed E-state index contributed by atoms with van der Waals surface area (Å²) in [6, 6.07) is 7.38. The molecule has 1 saturated heterocycles. The molecule has 1 aliphatic heterocycles. The monoisotopic (exact) mass is 379 g/mol. The molecule has 0 radical (unpaired) electrons. The fraction of sp³-hybridized carbons (Fsp3) is 0.444. The van der Waals surface area contributed by atoms with Gasteiger partial charge in [0.25, 0.3) is 0 Å². The molecule has 0 bridgehead atoms. The minimum Gasteiger partial charge on any atom is -0.370 e. The minimum absolute atomic E-state index is 0.173. The second-order valence-electron chi connectivity index (χ2n) is 6.77. The molecule has 1 atom stereocenters. The molecule has 1 aromatic carbocycles. The fourth-order valence-corrected chi connectivity index (χ4v) is 3.68. The van der Waals surface area contributed by atoms with E-state index in [1.165, 1.54) is 0 Å². The highest BCUT2D eigenvalue weighted by Gasteiger charge is 2.52. The quantitative estimate of drug-likeness (QED) is 0.815. The zero-order chi connectivity index (χ0) is 17.4. The lowest BCUT2D eigenvalue weighted by Gasteiger charge is -2.35. The average molecular weight is 380 g/mol. The Hall–Kier alpha value is -1.56. The van der Waals surface area contributed by atoms with Crippen LogP contribution in [0.2, 0.25) is 10.0 Å². The van der Waals surface area contributed by atoms with E-state index in [9.17, 15) is 4.79 Å². The number of nitrogens with zero attached hydrogens (tertiary/aromatic N) is 3. The number of morpholine rings is 1. The third kappa shape index (κ3) is 3.41. The van der Waals surface area contributed by atoms with Gasteiger partial charge in [-0.2, -0.15) is 5.10 Å². The predicted molar refractivity (Wildman–Crippen MR) is 95.6 cm³/mol. The van der Waals surface area contributed by atoms with Crippen molar-refractivity contribution >= 4 is 29.1 Å². The molecule has 2 aromatic rings. The summed E-state index contributed by atoms with van der Waals surface area (Å²) in [5.41, 5.74) is 0.648. The summed E-state index contributed by atoms with van der Waals surface area (Å²) in [6.45, 7) is 2.33. The van der Waals surface area contributed by atoms with Gasteiger partial charge in [0.1, 0.15) is 6.10 Å². The van der Waals surface area contributed by atoms with E-state index in [2.05, 4.69) is 5.10 Å². The Balaban J connectivity index is 1.47. The molecule has 2 fully saturated rings. The lowest BCUT2D eigenvalue weighted by atomic mass is 10.0. The third-order valence-electron chi connectivity index (χ3n) is 5.00. The van der Waals surface area contributed by atoms with Crippen LogP contribution in [0.15, 0.2) is 36.7 Å². The van der Waals surface area contributed by atoms with E-state index in [4.69, 9.17) is 27.9 Å². The molecular weight excluding hydrogens is 361 g/mol. The van der Waals surface area contributed by atoms with Crippen LogP contribution in [0.5, 0.6) is 0 Å². The van der Waals surface area contributed by atoms with E-state index in [1.54, 1.807) is 12.3 Å². The average Bonchev–Trinajstić information content (AvgIpc) is 3.22. The number of amides is 1. The summed E-state index contributed by atoms with van der Waals surface area (Å²) in [4.78, 5) is 15.0. The number of aromatic nitrogens is 2. The van der Waals surface area contributed by atoms with Gasteiger partial charge >= 0.3 is 0 Å². The Morgan fingerprint density at radius 3 is 2.84 bits per heavy atom. The van der Waals surface area contributed by atoms with Crippen LogP contribution in [0.3, 0.4) is 0 Å². The molecule has 0 N–H and O–H groups in total. The zero-order valence-electron chi connectivity index (χ0n) is 13.7. The maximum Gasteiger partial charge on any atom is 0.230 e. The van der Waals surface area contributed by atoms with E-state index in [-0.39, 0.29) is 17.4 Å². The molecule has 5 nitrogen and oxygen atoms in total. The minimum atomic E-state index is -0.300. The lowest BCUT2D eigenvalue weighted by molar-refractivity contribution is -0.145. The molecule has 25 heavy (non-hydrogen) atoms. The lowest BCUT2D eigenvalue weighted by Crippen LogP contribution is -2.46. The van der Waals surface area contributed by atoms with Crippen molar-refractivity contribution in [1.29, 1.82) is 0 Å². The largest absolute Gasteiger partial charge is 0.370 e. The fourth-order valence-electron chi connectivity index (χ4n) is 3.38. The topological polar surface area (TPSA) is 47.4 Å². The molecular formula is C18H19Cl2N3O2. The van der Waals surface area contributed by atoms with Gasteiger partial charge in [-0.3, -0.25) is 9.48 Å². The first-order chi connectivity index (χ1) is 12.1. The number of halogens is 2. The highest BCUT2D eigenvalue weighted by atomic mass is 35.5. The summed E-state index contributed by atoms with van der Waals surface area (Å²) in [5.74, 6) is 0.205. The summed E-state index contributed by atoms with van der Waals surface area (Å²) < 4.78 is 7.71. The smallest absolute Gasteiger partial charge is 0.230 e. The van der Waals surface area contributed by atoms with Crippen LogP contribution in [-0.2, 0) is 16.1 Å². The van der Waals surface area contributed by atoms with Gasteiger partial charge in [0, 0.05) is 18.9 Å². The maximum absolute atomic E-state index is 13.1.